The van der Waals surface area contributed by atoms with Crippen molar-refractivity contribution in [2.75, 3.05) is 30.9 Å². The van der Waals surface area contributed by atoms with E-state index >= 15 is 0 Å². The first-order chi connectivity index (χ1) is 9.53. The Hall–Kier alpha value is -2.03. The van der Waals surface area contributed by atoms with E-state index in [4.69, 9.17) is 0 Å². The lowest BCUT2D eigenvalue weighted by molar-refractivity contribution is 0.528. The first-order valence-corrected chi connectivity index (χ1v) is 7.02. The Morgan fingerprint density at radius 3 is 2.70 bits per heavy atom. The number of rotatable bonds is 1. The van der Waals surface area contributed by atoms with Gasteiger partial charge in [0.1, 0.15) is 5.82 Å². The number of anilines is 2. The van der Waals surface area contributed by atoms with Crippen molar-refractivity contribution >= 4 is 11.5 Å². The average Bonchev–Trinajstić information content (AvgIpc) is 2.53. The molecule has 1 aliphatic rings. The zero-order chi connectivity index (χ0) is 14.3. The van der Waals surface area contributed by atoms with Crippen LogP contribution in [-0.2, 0) is 5.41 Å². The third-order valence-corrected chi connectivity index (χ3v) is 4.13. The van der Waals surface area contributed by atoms with Crippen LogP contribution in [0.1, 0.15) is 19.4 Å². The molecule has 3 nitrogen and oxygen atoms in total. The van der Waals surface area contributed by atoms with E-state index in [1.54, 1.807) is 0 Å². The fraction of sp³-hybridized carbons (Fsp3) is 0.353. The Morgan fingerprint density at radius 1 is 1.20 bits per heavy atom. The predicted octanol–water partition coefficient (Wildman–Crippen LogP) is 3.52. The molecule has 3 rings (SSSR count). The molecular weight excluding hydrogens is 246 g/mol. The van der Waals surface area contributed by atoms with Crippen molar-refractivity contribution in [1.29, 1.82) is 0 Å². The molecule has 1 aromatic carbocycles. The maximum Gasteiger partial charge on any atom is 0.126 e. The van der Waals surface area contributed by atoms with Crippen molar-refractivity contribution in [3.8, 4) is 11.1 Å². The van der Waals surface area contributed by atoms with Crippen LogP contribution in [0.2, 0.25) is 0 Å². The highest BCUT2D eigenvalue weighted by molar-refractivity contribution is 5.83. The molecular formula is C17H21N3. The molecule has 1 aliphatic heterocycles. The van der Waals surface area contributed by atoms with Crippen LogP contribution in [0.5, 0.6) is 0 Å². The number of likely N-dealkylation sites (N-methyl/N-ethyl adjacent to an activating group) is 1. The maximum absolute atomic E-state index is 4.52. The van der Waals surface area contributed by atoms with Gasteiger partial charge < -0.3 is 10.2 Å². The van der Waals surface area contributed by atoms with Gasteiger partial charge in [-0.15, -0.1) is 0 Å². The fourth-order valence-electron chi connectivity index (χ4n) is 3.15. The third kappa shape index (κ3) is 1.94. The molecule has 0 radical (unpaired) electrons. The molecule has 0 unspecified atom stereocenters. The van der Waals surface area contributed by atoms with E-state index in [0.717, 1.165) is 12.4 Å². The highest BCUT2D eigenvalue weighted by Gasteiger charge is 2.31. The summed E-state index contributed by atoms with van der Waals surface area (Å²) in [6.07, 6.45) is 2.02. The number of hydrogen-bond acceptors (Lipinski definition) is 3. The van der Waals surface area contributed by atoms with Crippen molar-refractivity contribution in [1.82, 2.24) is 4.98 Å². The van der Waals surface area contributed by atoms with Crippen LogP contribution in [0, 0.1) is 0 Å². The van der Waals surface area contributed by atoms with Crippen LogP contribution >= 0.6 is 0 Å². The topological polar surface area (TPSA) is 28.2 Å². The Balaban J connectivity index is 2.32. The highest BCUT2D eigenvalue weighted by Crippen LogP contribution is 2.42. The van der Waals surface area contributed by atoms with Gasteiger partial charge in [-0.1, -0.05) is 32.0 Å². The van der Waals surface area contributed by atoms with E-state index in [1.165, 1.54) is 22.4 Å². The largest absolute Gasteiger partial charge is 0.373 e. The highest BCUT2D eigenvalue weighted by atomic mass is 15.1. The summed E-state index contributed by atoms with van der Waals surface area (Å²) in [6, 6.07) is 10.8. The van der Waals surface area contributed by atoms with Gasteiger partial charge in [0.25, 0.3) is 0 Å². The summed E-state index contributed by atoms with van der Waals surface area (Å²) >= 11 is 0. The Kier molecular flexibility index (Phi) is 2.93. The molecule has 0 saturated carbocycles. The molecule has 0 amide bonds. The van der Waals surface area contributed by atoms with Gasteiger partial charge in [-0.05, 0) is 23.3 Å². The standard InChI is InChI=1S/C17H21N3/c1-17(2)11-20(4)15-8-6-5-7-12(15)13-9-16(18-3)19-10-14(13)17/h5-10H,11H2,1-4H3,(H,18,19). The third-order valence-electron chi connectivity index (χ3n) is 4.13. The number of aromatic nitrogens is 1. The second-order valence-corrected chi connectivity index (χ2v) is 6.12. The van der Waals surface area contributed by atoms with E-state index in [9.17, 15) is 0 Å². The summed E-state index contributed by atoms with van der Waals surface area (Å²) in [5.74, 6) is 0.916. The molecule has 0 saturated heterocycles. The maximum atomic E-state index is 4.52. The van der Waals surface area contributed by atoms with E-state index in [-0.39, 0.29) is 5.41 Å². The SMILES string of the molecule is CNc1cc2c(cn1)C(C)(C)CN(C)c1ccccc1-2. The summed E-state index contributed by atoms with van der Waals surface area (Å²) in [5, 5.41) is 3.14. The summed E-state index contributed by atoms with van der Waals surface area (Å²) < 4.78 is 0. The van der Waals surface area contributed by atoms with Crippen molar-refractivity contribution in [2.45, 2.75) is 19.3 Å². The van der Waals surface area contributed by atoms with Crippen molar-refractivity contribution in [3.63, 3.8) is 0 Å². The molecule has 1 N–H and O–H groups in total. The number of fused-ring (bicyclic) bond motifs is 3. The Labute approximate surface area is 120 Å². The molecule has 0 atom stereocenters. The van der Waals surface area contributed by atoms with Crippen LogP contribution in [0.25, 0.3) is 11.1 Å². The minimum absolute atomic E-state index is 0.0718. The fourth-order valence-corrected chi connectivity index (χ4v) is 3.15. The molecule has 0 spiro atoms. The lowest BCUT2D eigenvalue weighted by atomic mass is 9.82. The van der Waals surface area contributed by atoms with Crippen molar-refractivity contribution < 1.29 is 0 Å². The Bertz CT molecular complexity index is 646. The molecule has 2 aromatic rings. The number of hydrogen-bond donors (Lipinski definition) is 1. The van der Waals surface area contributed by atoms with Crippen LogP contribution in [-0.4, -0.2) is 25.6 Å². The van der Waals surface area contributed by atoms with Gasteiger partial charge in [-0.2, -0.15) is 0 Å². The van der Waals surface area contributed by atoms with Gasteiger partial charge in [-0.3, -0.25) is 0 Å². The quantitative estimate of drug-likeness (QED) is 0.857. The Morgan fingerprint density at radius 2 is 1.95 bits per heavy atom. The van der Waals surface area contributed by atoms with E-state index in [1.807, 2.05) is 13.2 Å². The first-order valence-electron chi connectivity index (χ1n) is 7.02. The first kappa shape index (κ1) is 13.0. The second-order valence-electron chi connectivity index (χ2n) is 6.12. The van der Waals surface area contributed by atoms with Gasteiger partial charge in [0, 0.05) is 43.5 Å². The average molecular weight is 267 g/mol. The van der Waals surface area contributed by atoms with Gasteiger partial charge >= 0.3 is 0 Å². The van der Waals surface area contributed by atoms with Gasteiger partial charge in [-0.25, -0.2) is 4.98 Å². The van der Waals surface area contributed by atoms with Gasteiger partial charge in [0.2, 0.25) is 0 Å². The molecule has 0 bridgehead atoms. The minimum atomic E-state index is 0.0718. The molecule has 3 heteroatoms. The van der Waals surface area contributed by atoms with Crippen molar-refractivity contribution in [3.05, 3.63) is 42.1 Å². The van der Waals surface area contributed by atoms with Crippen LogP contribution in [0.4, 0.5) is 11.5 Å². The van der Waals surface area contributed by atoms with E-state index in [2.05, 4.69) is 66.4 Å². The zero-order valence-corrected chi connectivity index (χ0v) is 12.6. The molecule has 20 heavy (non-hydrogen) atoms. The lowest BCUT2D eigenvalue weighted by Crippen LogP contribution is -2.33. The summed E-state index contributed by atoms with van der Waals surface area (Å²) in [5.41, 5.74) is 5.24. The zero-order valence-electron chi connectivity index (χ0n) is 12.6. The van der Waals surface area contributed by atoms with Crippen molar-refractivity contribution in [2.24, 2.45) is 0 Å². The summed E-state index contributed by atoms with van der Waals surface area (Å²) in [6.45, 7) is 5.56. The number of para-hydroxylation sites is 1. The smallest absolute Gasteiger partial charge is 0.126 e. The number of pyridine rings is 1. The number of nitrogens with zero attached hydrogens (tertiary/aromatic N) is 2. The number of benzene rings is 1. The van der Waals surface area contributed by atoms with Crippen LogP contribution in [0.3, 0.4) is 0 Å². The van der Waals surface area contributed by atoms with Gasteiger partial charge in [0.05, 0.1) is 0 Å². The molecule has 0 fully saturated rings. The normalized spacial score (nSPS) is 16.1. The van der Waals surface area contributed by atoms with Crippen LogP contribution < -0.4 is 10.2 Å². The van der Waals surface area contributed by atoms with E-state index < -0.39 is 0 Å². The molecule has 1 aromatic heterocycles. The molecule has 0 aliphatic carbocycles. The van der Waals surface area contributed by atoms with Crippen LogP contribution in [0.15, 0.2) is 36.5 Å². The number of nitrogens with one attached hydrogen (secondary N) is 1. The second kappa shape index (κ2) is 4.51. The summed E-state index contributed by atoms with van der Waals surface area (Å²) in [4.78, 5) is 6.86. The minimum Gasteiger partial charge on any atom is -0.373 e. The predicted molar refractivity (Wildman–Crippen MR) is 85.5 cm³/mol. The monoisotopic (exact) mass is 267 g/mol. The van der Waals surface area contributed by atoms with E-state index in [0.29, 0.717) is 0 Å². The lowest BCUT2D eigenvalue weighted by Gasteiger charge is -2.29. The molecule has 2 heterocycles. The summed E-state index contributed by atoms with van der Waals surface area (Å²) in [7, 11) is 4.08. The van der Waals surface area contributed by atoms with Gasteiger partial charge in [0.15, 0.2) is 0 Å². The molecule has 104 valence electrons.